The van der Waals surface area contributed by atoms with E-state index in [1.54, 1.807) is 14.2 Å². The number of fused-ring (bicyclic) bond motifs is 1. The summed E-state index contributed by atoms with van der Waals surface area (Å²) in [6.07, 6.45) is 2.11. The number of benzene rings is 2. The van der Waals surface area contributed by atoms with E-state index in [1.807, 2.05) is 64.5 Å². The number of nitrogens with one attached hydrogen (secondary N) is 1. The lowest BCUT2D eigenvalue weighted by Gasteiger charge is -2.12. The third-order valence-corrected chi connectivity index (χ3v) is 7.03. The predicted octanol–water partition coefficient (Wildman–Crippen LogP) is 4.25. The maximum Gasteiger partial charge on any atom is 0.231 e. The summed E-state index contributed by atoms with van der Waals surface area (Å²) >= 11 is 2.95. The number of amides is 1. The maximum atomic E-state index is 12.7. The van der Waals surface area contributed by atoms with Gasteiger partial charge in [-0.15, -0.1) is 16.4 Å². The highest BCUT2D eigenvalue weighted by Crippen LogP contribution is 2.34. The van der Waals surface area contributed by atoms with Crippen molar-refractivity contribution in [1.29, 1.82) is 0 Å². The molecular formula is C24H21N5O3S2. The number of ether oxygens (including phenoxy) is 2. The lowest BCUT2D eigenvalue weighted by molar-refractivity contribution is -0.119. The Kier molecular flexibility index (Phi) is 6.33. The van der Waals surface area contributed by atoms with E-state index in [4.69, 9.17) is 14.5 Å². The molecule has 0 atom stereocenters. The van der Waals surface area contributed by atoms with Crippen molar-refractivity contribution >= 4 is 44.8 Å². The molecule has 4 aromatic rings. The minimum absolute atomic E-state index is 0.154. The van der Waals surface area contributed by atoms with E-state index in [2.05, 4.69) is 15.5 Å². The molecular weight excluding hydrogens is 470 g/mol. The molecule has 0 saturated carbocycles. The summed E-state index contributed by atoms with van der Waals surface area (Å²) in [5.74, 6) is 1.92. The molecule has 2 aromatic heterocycles. The largest absolute Gasteiger partial charge is 0.497 e. The number of nitrogens with zero attached hydrogens (tertiary/aromatic N) is 4. The molecule has 34 heavy (non-hydrogen) atoms. The van der Waals surface area contributed by atoms with E-state index in [-0.39, 0.29) is 12.3 Å². The van der Waals surface area contributed by atoms with Crippen molar-refractivity contribution in [3.8, 4) is 22.8 Å². The monoisotopic (exact) mass is 491 g/mol. The second-order valence-electron chi connectivity index (χ2n) is 7.40. The Morgan fingerprint density at radius 1 is 1.12 bits per heavy atom. The van der Waals surface area contributed by atoms with Crippen molar-refractivity contribution in [3.05, 3.63) is 71.4 Å². The number of rotatable bonds is 6. The van der Waals surface area contributed by atoms with Crippen molar-refractivity contribution in [2.24, 2.45) is 10.2 Å². The van der Waals surface area contributed by atoms with Gasteiger partial charge in [0, 0.05) is 28.6 Å². The van der Waals surface area contributed by atoms with E-state index in [1.165, 1.54) is 23.1 Å². The molecule has 0 radical (unpaired) electrons. The first-order valence-corrected chi connectivity index (χ1v) is 12.3. The van der Waals surface area contributed by atoms with Crippen LogP contribution >= 0.6 is 23.1 Å². The molecule has 0 unspecified atom stereocenters. The summed E-state index contributed by atoms with van der Waals surface area (Å²) in [4.78, 5) is 18.2. The Balaban J connectivity index is 1.31. The Morgan fingerprint density at radius 3 is 2.71 bits per heavy atom. The maximum absolute atomic E-state index is 12.7. The molecule has 2 aromatic carbocycles. The number of aromatic nitrogens is 2. The number of carbonyl (C=O) groups excluding carboxylic acids is 1. The van der Waals surface area contributed by atoms with Crippen LogP contribution in [0.1, 0.15) is 11.3 Å². The number of methoxy groups -OCH3 is 2. The minimum atomic E-state index is -0.154. The predicted molar refractivity (Wildman–Crippen MR) is 136 cm³/mol. The number of imidazole rings is 1. The lowest BCUT2D eigenvalue weighted by Crippen LogP contribution is -2.32. The zero-order chi connectivity index (χ0) is 23.5. The van der Waals surface area contributed by atoms with Crippen LogP contribution in [0.3, 0.4) is 0 Å². The summed E-state index contributed by atoms with van der Waals surface area (Å²) in [6, 6.07) is 15.5. The first-order chi connectivity index (χ1) is 16.6. The van der Waals surface area contributed by atoms with Crippen molar-refractivity contribution in [1.82, 2.24) is 14.7 Å². The molecule has 1 N–H and O–H groups in total. The van der Waals surface area contributed by atoms with Crippen LogP contribution < -0.4 is 14.8 Å². The van der Waals surface area contributed by atoms with Gasteiger partial charge in [0.05, 0.1) is 32.0 Å². The summed E-state index contributed by atoms with van der Waals surface area (Å²) < 4.78 is 12.8. The molecule has 1 aliphatic rings. The molecule has 0 aliphatic carbocycles. The van der Waals surface area contributed by atoms with E-state index >= 15 is 0 Å². The average molecular weight is 492 g/mol. The Hall–Kier alpha value is -3.63. The fourth-order valence-electron chi connectivity index (χ4n) is 3.56. The third kappa shape index (κ3) is 4.55. The SMILES string of the molecule is COc1ccc(OC)c(-c2cn3c(CC(=O)NC4=NN=C(c5ccccc5)CS4)csc3n2)c1. The van der Waals surface area contributed by atoms with Crippen LogP contribution in [0.15, 0.2) is 70.3 Å². The molecule has 172 valence electrons. The van der Waals surface area contributed by atoms with E-state index < -0.39 is 0 Å². The van der Waals surface area contributed by atoms with E-state index in [0.29, 0.717) is 16.7 Å². The molecule has 0 saturated heterocycles. The number of thiazole rings is 1. The van der Waals surface area contributed by atoms with Gasteiger partial charge in [-0.2, -0.15) is 5.10 Å². The van der Waals surface area contributed by atoms with Crippen molar-refractivity contribution in [3.63, 3.8) is 0 Å². The van der Waals surface area contributed by atoms with Gasteiger partial charge in [0.2, 0.25) is 5.91 Å². The molecule has 10 heteroatoms. The minimum Gasteiger partial charge on any atom is -0.497 e. The van der Waals surface area contributed by atoms with Gasteiger partial charge in [-0.1, -0.05) is 42.1 Å². The zero-order valence-corrected chi connectivity index (χ0v) is 20.2. The van der Waals surface area contributed by atoms with Crippen molar-refractivity contribution in [2.75, 3.05) is 20.0 Å². The second-order valence-corrected chi connectivity index (χ2v) is 9.20. The van der Waals surface area contributed by atoms with E-state index in [0.717, 1.165) is 38.9 Å². The van der Waals surface area contributed by atoms with Crippen LogP contribution in [0.5, 0.6) is 11.5 Å². The van der Waals surface area contributed by atoms with Crippen LogP contribution in [0, 0.1) is 0 Å². The fourth-order valence-corrected chi connectivity index (χ4v) is 5.22. The smallest absolute Gasteiger partial charge is 0.231 e. The highest BCUT2D eigenvalue weighted by atomic mass is 32.2. The average Bonchev–Trinajstić information content (AvgIpc) is 3.46. The van der Waals surface area contributed by atoms with Gasteiger partial charge in [-0.25, -0.2) is 4.98 Å². The van der Waals surface area contributed by atoms with Gasteiger partial charge in [0.25, 0.3) is 0 Å². The Morgan fingerprint density at radius 2 is 1.97 bits per heavy atom. The van der Waals surface area contributed by atoms with Crippen LogP contribution in [0.4, 0.5) is 0 Å². The van der Waals surface area contributed by atoms with Crippen LogP contribution in [0.25, 0.3) is 16.2 Å². The van der Waals surface area contributed by atoms with Crippen LogP contribution in [0.2, 0.25) is 0 Å². The highest BCUT2D eigenvalue weighted by Gasteiger charge is 2.18. The standard InChI is InChI=1S/C24H21N5O3S2/c1-31-17-8-9-21(32-2)18(11-17)19-12-29-16(13-34-24(29)25-19)10-22(30)26-23-28-27-20(14-33-23)15-6-4-3-5-7-15/h3-9,11-13H,10,14H2,1-2H3,(H,26,28,30). The van der Waals surface area contributed by atoms with E-state index in [9.17, 15) is 4.79 Å². The molecule has 0 spiro atoms. The topological polar surface area (TPSA) is 89.6 Å². The highest BCUT2D eigenvalue weighted by molar-refractivity contribution is 8.14. The summed E-state index contributed by atoms with van der Waals surface area (Å²) in [7, 11) is 3.25. The van der Waals surface area contributed by atoms with Crippen molar-refractivity contribution < 1.29 is 14.3 Å². The molecule has 5 rings (SSSR count). The van der Waals surface area contributed by atoms with Crippen LogP contribution in [-0.2, 0) is 11.2 Å². The molecule has 1 amide bonds. The lowest BCUT2D eigenvalue weighted by atomic mass is 10.1. The molecule has 8 nitrogen and oxygen atoms in total. The normalized spacial score (nSPS) is 13.4. The van der Waals surface area contributed by atoms with Gasteiger partial charge in [0.15, 0.2) is 10.1 Å². The fraction of sp³-hybridized carbons (Fsp3) is 0.167. The van der Waals surface area contributed by atoms with Crippen molar-refractivity contribution in [2.45, 2.75) is 6.42 Å². The van der Waals surface area contributed by atoms with Gasteiger partial charge in [0.1, 0.15) is 11.5 Å². The molecule has 0 bridgehead atoms. The number of thioether (sulfide) groups is 1. The third-order valence-electron chi connectivity index (χ3n) is 5.27. The summed E-state index contributed by atoms with van der Waals surface area (Å²) in [6.45, 7) is 0. The Labute approximate surface area is 204 Å². The molecule has 0 fully saturated rings. The first kappa shape index (κ1) is 22.2. The van der Waals surface area contributed by atoms with Gasteiger partial charge >= 0.3 is 0 Å². The molecule has 3 heterocycles. The van der Waals surface area contributed by atoms with Gasteiger partial charge in [-0.3, -0.25) is 9.20 Å². The number of hydrogen-bond acceptors (Lipinski definition) is 8. The summed E-state index contributed by atoms with van der Waals surface area (Å²) in [5.41, 5.74) is 4.34. The molecule has 1 aliphatic heterocycles. The van der Waals surface area contributed by atoms with Gasteiger partial charge in [-0.05, 0) is 23.8 Å². The number of hydrogen-bond donors (Lipinski definition) is 1. The number of amidine groups is 1. The van der Waals surface area contributed by atoms with Crippen LogP contribution in [-0.4, -0.2) is 46.1 Å². The second kappa shape index (κ2) is 9.70. The summed E-state index contributed by atoms with van der Waals surface area (Å²) in [5, 5.41) is 13.8. The quantitative estimate of drug-likeness (QED) is 0.436. The first-order valence-electron chi connectivity index (χ1n) is 10.4. The number of carbonyl (C=O) groups is 1. The van der Waals surface area contributed by atoms with Gasteiger partial charge < -0.3 is 14.8 Å². The zero-order valence-electron chi connectivity index (χ0n) is 18.5. The Bertz CT molecular complexity index is 1410.